The van der Waals surface area contributed by atoms with Gasteiger partial charge in [-0.1, -0.05) is 19.3 Å². The lowest BCUT2D eigenvalue weighted by Gasteiger charge is -2.41. The Hall–Kier alpha value is -2.69. The number of hydrogen-bond acceptors (Lipinski definition) is 5. The molecule has 1 aliphatic heterocycles. The van der Waals surface area contributed by atoms with Crippen molar-refractivity contribution in [3.63, 3.8) is 0 Å². The van der Waals surface area contributed by atoms with Gasteiger partial charge in [0.2, 0.25) is 5.91 Å². The Bertz CT molecular complexity index is 795. The second kappa shape index (κ2) is 7.05. The van der Waals surface area contributed by atoms with E-state index in [0.717, 1.165) is 29.7 Å². The van der Waals surface area contributed by atoms with Crippen molar-refractivity contribution in [2.24, 2.45) is 11.8 Å². The van der Waals surface area contributed by atoms with Crippen LogP contribution in [0.1, 0.15) is 37.7 Å². The number of nitro groups is 1. The highest BCUT2D eigenvalue weighted by atomic mass is 16.6. The van der Waals surface area contributed by atoms with E-state index in [4.69, 9.17) is 5.26 Å². The molecule has 1 saturated carbocycles. The van der Waals surface area contributed by atoms with Gasteiger partial charge in [0.25, 0.3) is 11.2 Å². The summed E-state index contributed by atoms with van der Waals surface area (Å²) in [5.74, 6) is 0.974. The third-order valence-electron chi connectivity index (χ3n) is 5.35. The topological polar surface area (TPSA) is 109 Å². The summed E-state index contributed by atoms with van der Waals surface area (Å²) in [7, 11) is 0. The number of nitrogens with zero attached hydrogens (tertiary/aromatic N) is 4. The van der Waals surface area contributed by atoms with E-state index < -0.39 is 10.5 Å². The molecule has 0 bridgehead atoms. The molecule has 1 amide bonds. The summed E-state index contributed by atoms with van der Waals surface area (Å²) in [6.07, 6.45) is 6.82. The molecule has 1 aliphatic carbocycles. The van der Waals surface area contributed by atoms with Gasteiger partial charge in [-0.05, 0) is 24.7 Å². The molecule has 2 aliphatic rings. The summed E-state index contributed by atoms with van der Waals surface area (Å²) < 4.78 is 0.978. The second-order valence-corrected chi connectivity index (χ2v) is 6.85. The largest absolute Gasteiger partial charge is 0.341 e. The Balaban J connectivity index is 1.77. The number of pyridine rings is 1. The van der Waals surface area contributed by atoms with E-state index >= 15 is 0 Å². The Morgan fingerprint density at radius 2 is 2.04 bits per heavy atom. The van der Waals surface area contributed by atoms with Crippen LogP contribution in [-0.2, 0) is 11.3 Å². The Morgan fingerprint density at radius 1 is 1.32 bits per heavy atom. The van der Waals surface area contributed by atoms with Gasteiger partial charge in [0.15, 0.2) is 0 Å². The zero-order valence-electron chi connectivity index (χ0n) is 13.9. The molecule has 2 fully saturated rings. The van der Waals surface area contributed by atoms with Gasteiger partial charge in [0.05, 0.1) is 11.1 Å². The quantitative estimate of drug-likeness (QED) is 0.612. The van der Waals surface area contributed by atoms with E-state index in [9.17, 15) is 19.7 Å². The molecule has 1 aromatic rings. The summed E-state index contributed by atoms with van der Waals surface area (Å²) in [4.78, 5) is 36.8. The monoisotopic (exact) mass is 344 g/mol. The van der Waals surface area contributed by atoms with Crippen LogP contribution in [0.5, 0.6) is 0 Å². The van der Waals surface area contributed by atoms with Gasteiger partial charge in [-0.15, -0.1) is 0 Å². The highest BCUT2D eigenvalue weighted by Gasteiger charge is 2.33. The molecular weight excluding hydrogens is 324 g/mol. The first-order chi connectivity index (χ1) is 12.0. The van der Waals surface area contributed by atoms with Crippen LogP contribution >= 0.6 is 0 Å². The predicted octanol–water partition coefficient (Wildman–Crippen LogP) is 1.67. The molecule has 0 aromatic carbocycles. The van der Waals surface area contributed by atoms with Crippen LogP contribution in [0.25, 0.3) is 0 Å². The van der Waals surface area contributed by atoms with Crippen molar-refractivity contribution in [2.75, 3.05) is 13.1 Å². The molecule has 0 spiro atoms. The van der Waals surface area contributed by atoms with Crippen LogP contribution in [0.15, 0.2) is 17.1 Å². The van der Waals surface area contributed by atoms with Crippen molar-refractivity contribution in [1.82, 2.24) is 9.47 Å². The Kier molecular flexibility index (Phi) is 4.83. The van der Waals surface area contributed by atoms with Crippen LogP contribution in [-0.4, -0.2) is 33.4 Å². The smallest absolute Gasteiger partial charge is 0.287 e. The van der Waals surface area contributed by atoms with Crippen LogP contribution in [0.4, 0.5) is 5.69 Å². The number of piperidine rings is 1. The number of rotatable bonds is 3. The van der Waals surface area contributed by atoms with Crippen LogP contribution < -0.4 is 5.56 Å². The predicted molar refractivity (Wildman–Crippen MR) is 88.7 cm³/mol. The molecule has 8 nitrogen and oxygen atoms in total. The molecule has 2 atom stereocenters. The van der Waals surface area contributed by atoms with Gasteiger partial charge < -0.3 is 4.90 Å². The summed E-state index contributed by atoms with van der Waals surface area (Å²) in [5, 5.41) is 19.9. The number of likely N-dealkylation sites (tertiary alicyclic amines) is 1. The van der Waals surface area contributed by atoms with Gasteiger partial charge in [-0.2, -0.15) is 5.26 Å². The second-order valence-electron chi connectivity index (χ2n) is 6.85. The zero-order valence-corrected chi connectivity index (χ0v) is 13.9. The van der Waals surface area contributed by atoms with Gasteiger partial charge in [0, 0.05) is 19.2 Å². The number of amides is 1. The number of hydrogen-bond donors (Lipinski definition) is 0. The van der Waals surface area contributed by atoms with Crippen LogP contribution in [0.3, 0.4) is 0 Å². The van der Waals surface area contributed by atoms with Gasteiger partial charge in [-0.3, -0.25) is 24.3 Å². The Morgan fingerprint density at radius 3 is 2.72 bits per heavy atom. The highest BCUT2D eigenvalue weighted by molar-refractivity contribution is 5.76. The molecule has 2 heterocycles. The maximum Gasteiger partial charge on any atom is 0.287 e. The van der Waals surface area contributed by atoms with E-state index in [2.05, 4.69) is 0 Å². The first-order valence-electron chi connectivity index (χ1n) is 8.56. The number of aromatic nitrogens is 1. The van der Waals surface area contributed by atoms with Gasteiger partial charge >= 0.3 is 0 Å². The Labute approximate surface area is 144 Å². The average Bonchev–Trinajstić information content (AvgIpc) is 2.62. The van der Waals surface area contributed by atoms with E-state index in [1.54, 1.807) is 11.0 Å². The number of fused-ring (bicyclic) bond motifs is 1. The molecular formula is C17H20N4O4. The lowest BCUT2D eigenvalue weighted by atomic mass is 9.75. The number of nitriles is 1. The fourth-order valence-corrected chi connectivity index (χ4v) is 3.99. The average molecular weight is 344 g/mol. The fourth-order valence-electron chi connectivity index (χ4n) is 3.99. The van der Waals surface area contributed by atoms with E-state index in [1.807, 2.05) is 0 Å². The molecule has 132 valence electrons. The maximum atomic E-state index is 12.6. The first-order valence-corrected chi connectivity index (χ1v) is 8.56. The summed E-state index contributed by atoms with van der Waals surface area (Å²) in [6.45, 7) is 1.08. The standard InChI is InChI=1S/C17H20N4O4/c18-8-14-7-15(21(24)25)10-20(17(14)23)11-16(22)19-6-5-12-3-1-2-4-13(12)9-19/h7,10,12-13H,1-6,9,11H2/t12-,13+/m1/s1. The van der Waals surface area contributed by atoms with Crippen molar-refractivity contribution in [2.45, 2.75) is 38.6 Å². The fraction of sp³-hybridized carbons (Fsp3) is 0.588. The summed E-state index contributed by atoms with van der Waals surface area (Å²) in [6, 6.07) is 2.60. The van der Waals surface area contributed by atoms with E-state index in [0.29, 0.717) is 24.9 Å². The highest BCUT2D eigenvalue weighted by Crippen LogP contribution is 2.36. The molecule has 0 unspecified atom stereocenters. The zero-order chi connectivity index (χ0) is 18.0. The molecule has 0 radical (unpaired) electrons. The third-order valence-corrected chi connectivity index (χ3v) is 5.35. The van der Waals surface area contributed by atoms with Crippen molar-refractivity contribution in [3.05, 3.63) is 38.3 Å². The van der Waals surface area contributed by atoms with Crippen molar-refractivity contribution < 1.29 is 9.72 Å². The lowest BCUT2D eigenvalue weighted by molar-refractivity contribution is -0.385. The van der Waals surface area contributed by atoms with Crippen molar-refractivity contribution in [1.29, 1.82) is 5.26 Å². The maximum absolute atomic E-state index is 12.6. The minimum absolute atomic E-state index is 0.226. The van der Waals surface area contributed by atoms with E-state index in [1.165, 1.54) is 19.3 Å². The number of carbonyl (C=O) groups is 1. The van der Waals surface area contributed by atoms with Crippen LogP contribution in [0.2, 0.25) is 0 Å². The number of carbonyl (C=O) groups excluding carboxylic acids is 1. The van der Waals surface area contributed by atoms with E-state index in [-0.39, 0.29) is 23.7 Å². The molecule has 1 saturated heterocycles. The molecule has 0 N–H and O–H groups in total. The van der Waals surface area contributed by atoms with Crippen molar-refractivity contribution >= 4 is 11.6 Å². The molecule has 1 aromatic heterocycles. The van der Waals surface area contributed by atoms with Crippen molar-refractivity contribution in [3.8, 4) is 6.07 Å². The molecule has 8 heteroatoms. The lowest BCUT2D eigenvalue weighted by Crippen LogP contribution is -2.46. The minimum Gasteiger partial charge on any atom is -0.341 e. The molecule has 3 rings (SSSR count). The summed E-state index contributed by atoms with van der Waals surface area (Å²) >= 11 is 0. The minimum atomic E-state index is -0.672. The van der Waals surface area contributed by atoms with Gasteiger partial charge in [-0.25, -0.2) is 0 Å². The van der Waals surface area contributed by atoms with Gasteiger partial charge in [0.1, 0.15) is 18.2 Å². The molecule has 25 heavy (non-hydrogen) atoms. The SMILES string of the molecule is N#Cc1cc([N+](=O)[O-])cn(CC(=O)N2CC[C@H]3CCCC[C@H]3C2)c1=O. The third kappa shape index (κ3) is 3.55. The van der Waals surface area contributed by atoms with Crippen LogP contribution in [0, 0.1) is 33.3 Å². The summed E-state index contributed by atoms with van der Waals surface area (Å²) in [5.41, 5.74) is -1.36. The normalized spacial score (nSPS) is 22.8. The first kappa shape index (κ1) is 17.1.